The first-order valence-corrected chi connectivity index (χ1v) is 7.87. The number of ether oxygens (including phenoxy) is 1. The third-order valence-corrected chi connectivity index (χ3v) is 4.82. The largest absolute Gasteiger partial charge is 0.398 e. The third-order valence-electron chi connectivity index (χ3n) is 4.82. The molecule has 0 unspecified atom stereocenters. The summed E-state index contributed by atoms with van der Waals surface area (Å²) in [6.07, 6.45) is 1.89. The van der Waals surface area contributed by atoms with Gasteiger partial charge < -0.3 is 16.2 Å². The summed E-state index contributed by atoms with van der Waals surface area (Å²) in [5.41, 5.74) is 16.3. The maximum atomic E-state index is 9.17. The molecule has 2 aromatic rings. The topological polar surface area (TPSA) is 85.1 Å². The van der Waals surface area contributed by atoms with Crippen LogP contribution in [0.25, 0.3) is 11.1 Å². The Balaban J connectivity index is 2.01. The van der Waals surface area contributed by atoms with Crippen LogP contribution in [0.2, 0.25) is 0 Å². The van der Waals surface area contributed by atoms with Crippen LogP contribution in [-0.4, -0.2) is 19.8 Å². The van der Waals surface area contributed by atoms with Crippen molar-refractivity contribution in [2.24, 2.45) is 5.73 Å². The molecule has 0 spiro atoms. The molecule has 1 aliphatic rings. The maximum Gasteiger partial charge on any atom is 0.101 e. The van der Waals surface area contributed by atoms with Gasteiger partial charge in [-0.2, -0.15) is 5.26 Å². The SMILES string of the molecule is N#Cc1cc(-c2cccc(C3(CN)CCOCC3)c2)ccc1N. The van der Waals surface area contributed by atoms with Crippen LogP contribution in [0, 0.1) is 11.3 Å². The number of nitrogens with two attached hydrogens (primary N) is 2. The van der Waals surface area contributed by atoms with Crippen molar-refractivity contribution in [3.8, 4) is 17.2 Å². The molecular formula is C19H21N3O. The van der Waals surface area contributed by atoms with E-state index in [1.807, 2.05) is 12.1 Å². The molecule has 0 aliphatic carbocycles. The van der Waals surface area contributed by atoms with Gasteiger partial charge in [0.25, 0.3) is 0 Å². The van der Waals surface area contributed by atoms with Gasteiger partial charge in [0.05, 0.1) is 5.56 Å². The fourth-order valence-electron chi connectivity index (χ4n) is 3.23. The summed E-state index contributed by atoms with van der Waals surface area (Å²) in [7, 11) is 0. The Morgan fingerprint density at radius 1 is 1.09 bits per heavy atom. The number of hydrogen-bond acceptors (Lipinski definition) is 4. The first-order chi connectivity index (χ1) is 11.2. The fraction of sp³-hybridized carbons (Fsp3) is 0.316. The van der Waals surface area contributed by atoms with Gasteiger partial charge in [0.2, 0.25) is 0 Å². The van der Waals surface area contributed by atoms with Crippen molar-refractivity contribution in [2.75, 3.05) is 25.5 Å². The van der Waals surface area contributed by atoms with Gasteiger partial charge in [0, 0.05) is 30.9 Å². The Kier molecular flexibility index (Phi) is 4.33. The Labute approximate surface area is 136 Å². The fourth-order valence-corrected chi connectivity index (χ4v) is 3.23. The molecule has 0 radical (unpaired) electrons. The van der Waals surface area contributed by atoms with Crippen LogP contribution < -0.4 is 11.5 Å². The van der Waals surface area contributed by atoms with Crippen molar-refractivity contribution in [3.63, 3.8) is 0 Å². The molecule has 3 rings (SSSR count). The summed E-state index contributed by atoms with van der Waals surface area (Å²) in [5, 5.41) is 9.17. The molecule has 4 heteroatoms. The number of benzene rings is 2. The van der Waals surface area contributed by atoms with Crippen molar-refractivity contribution in [3.05, 3.63) is 53.6 Å². The molecule has 23 heavy (non-hydrogen) atoms. The molecule has 1 aliphatic heterocycles. The zero-order chi connectivity index (χ0) is 16.3. The lowest BCUT2D eigenvalue weighted by atomic mass is 9.73. The monoisotopic (exact) mass is 307 g/mol. The van der Waals surface area contributed by atoms with E-state index in [0.717, 1.165) is 37.2 Å². The molecule has 1 saturated heterocycles. The summed E-state index contributed by atoms with van der Waals surface area (Å²) >= 11 is 0. The van der Waals surface area contributed by atoms with E-state index >= 15 is 0 Å². The van der Waals surface area contributed by atoms with Crippen LogP contribution in [0.1, 0.15) is 24.0 Å². The highest BCUT2D eigenvalue weighted by Crippen LogP contribution is 2.36. The normalized spacial score (nSPS) is 16.7. The van der Waals surface area contributed by atoms with Crippen molar-refractivity contribution in [1.29, 1.82) is 5.26 Å². The summed E-state index contributed by atoms with van der Waals surface area (Å²) in [5.74, 6) is 0. The highest BCUT2D eigenvalue weighted by molar-refractivity contribution is 5.70. The summed E-state index contributed by atoms with van der Waals surface area (Å²) in [4.78, 5) is 0. The molecule has 4 N–H and O–H groups in total. The van der Waals surface area contributed by atoms with Gasteiger partial charge in [-0.1, -0.05) is 30.3 Å². The van der Waals surface area contributed by atoms with Gasteiger partial charge in [-0.15, -0.1) is 0 Å². The van der Waals surface area contributed by atoms with Crippen molar-refractivity contribution in [2.45, 2.75) is 18.3 Å². The zero-order valence-electron chi connectivity index (χ0n) is 13.1. The molecule has 1 heterocycles. The minimum Gasteiger partial charge on any atom is -0.398 e. The zero-order valence-corrected chi connectivity index (χ0v) is 13.1. The van der Waals surface area contributed by atoms with Crippen LogP contribution in [0.3, 0.4) is 0 Å². The highest BCUT2D eigenvalue weighted by atomic mass is 16.5. The average molecular weight is 307 g/mol. The summed E-state index contributed by atoms with van der Waals surface area (Å²) in [6.45, 7) is 2.12. The van der Waals surface area contributed by atoms with Gasteiger partial charge in [0.1, 0.15) is 6.07 Å². The number of hydrogen-bond donors (Lipinski definition) is 2. The molecule has 0 amide bonds. The van der Waals surface area contributed by atoms with Crippen molar-refractivity contribution < 1.29 is 4.74 Å². The first kappa shape index (κ1) is 15.5. The predicted molar refractivity (Wildman–Crippen MR) is 91.8 cm³/mol. The molecular weight excluding hydrogens is 286 g/mol. The van der Waals surface area contributed by atoms with Gasteiger partial charge in [0.15, 0.2) is 0 Å². The Morgan fingerprint density at radius 2 is 1.83 bits per heavy atom. The van der Waals surface area contributed by atoms with Gasteiger partial charge in [-0.25, -0.2) is 0 Å². The smallest absolute Gasteiger partial charge is 0.101 e. The molecule has 2 aromatic carbocycles. The van der Waals surface area contributed by atoms with E-state index in [-0.39, 0.29) is 5.41 Å². The van der Waals surface area contributed by atoms with E-state index in [2.05, 4.69) is 30.3 Å². The molecule has 4 nitrogen and oxygen atoms in total. The van der Waals surface area contributed by atoms with Gasteiger partial charge >= 0.3 is 0 Å². The molecule has 0 aromatic heterocycles. The molecule has 0 bridgehead atoms. The summed E-state index contributed by atoms with van der Waals surface area (Å²) in [6, 6.07) is 16.2. The standard InChI is InChI=1S/C19H21N3O/c20-12-16-10-15(4-5-18(16)22)14-2-1-3-17(11-14)19(13-21)6-8-23-9-7-19/h1-5,10-11H,6-9,13,21-22H2. The lowest BCUT2D eigenvalue weighted by Gasteiger charge is -2.37. The third kappa shape index (κ3) is 2.94. The van der Waals surface area contributed by atoms with Crippen LogP contribution in [0.4, 0.5) is 5.69 Å². The van der Waals surface area contributed by atoms with Crippen molar-refractivity contribution in [1.82, 2.24) is 0 Å². The lowest BCUT2D eigenvalue weighted by molar-refractivity contribution is 0.0530. The molecule has 0 saturated carbocycles. The van der Waals surface area contributed by atoms with Crippen LogP contribution in [-0.2, 0) is 10.2 Å². The minimum atomic E-state index is -0.0138. The maximum absolute atomic E-state index is 9.17. The highest BCUT2D eigenvalue weighted by Gasteiger charge is 2.33. The van der Waals surface area contributed by atoms with Crippen molar-refractivity contribution >= 4 is 5.69 Å². The number of nitrogen functional groups attached to an aromatic ring is 1. The second kappa shape index (κ2) is 6.41. The van der Waals surface area contributed by atoms with E-state index in [1.54, 1.807) is 6.07 Å². The Bertz CT molecular complexity index is 743. The molecule has 0 atom stereocenters. The summed E-state index contributed by atoms with van der Waals surface area (Å²) < 4.78 is 5.50. The predicted octanol–water partition coefficient (Wildman–Crippen LogP) is 2.81. The number of anilines is 1. The average Bonchev–Trinajstić information content (AvgIpc) is 2.63. The van der Waals surface area contributed by atoms with E-state index in [4.69, 9.17) is 21.5 Å². The minimum absolute atomic E-state index is 0.0138. The van der Waals surface area contributed by atoms with E-state index in [0.29, 0.717) is 17.8 Å². The van der Waals surface area contributed by atoms with E-state index in [1.165, 1.54) is 5.56 Å². The van der Waals surface area contributed by atoms with Gasteiger partial charge in [-0.05, 0) is 41.7 Å². The Hall–Kier alpha value is -2.35. The van der Waals surface area contributed by atoms with Crippen LogP contribution >= 0.6 is 0 Å². The number of rotatable bonds is 3. The molecule has 1 fully saturated rings. The second-order valence-electron chi connectivity index (χ2n) is 6.09. The van der Waals surface area contributed by atoms with Crippen LogP contribution in [0.15, 0.2) is 42.5 Å². The van der Waals surface area contributed by atoms with E-state index < -0.39 is 0 Å². The Morgan fingerprint density at radius 3 is 2.52 bits per heavy atom. The second-order valence-corrected chi connectivity index (χ2v) is 6.09. The lowest BCUT2D eigenvalue weighted by Crippen LogP contribution is -2.40. The van der Waals surface area contributed by atoms with E-state index in [9.17, 15) is 0 Å². The number of nitriles is 1. The molecule has 118 valence electrons. The van der Waals surface area contributed by atoms with Crippen LogP contribution in [0.5, 0.6) is 0 Å². The van der Waals surface area contributed by atoms with Gasteiger partial charge in [-0.3, -0.25) is 0 Å². The number of nitrogens with zero attached hydrogens (tertiary/aromatic N) is 1. The quantitative estimate of drug-likeness (QED) is 0.854. The first-order valence-electron chi connectivity index (χ1n) is 7.87.